The molecule has 1 aliphatic heterocycles. The number of hydrogen-bond donors (Lipinski definition) is 0. The number of hydrogen-bond acceptors (Lipinski definition) is 5. The first-order valence-corrected chi connectivity index (χ1v) is 9.51. The molecule has 0 bridgehead atoms. The number of ketones is 1. The van der Waals surface area contributed by atoms with E-state index in [9.17, 15) is 4.79 Å². The maximum atomic E-state index is 12.5. The lowest BCUT2D eigenvalue weighted by molar-refractivity contribution is 0.104. The number of fused-ring (bicyclic) bond motifs is 1. The van der Waals surface area contributed by atoms with Gasteiger partial charge in [-0.05, 0) is 62.4 Å². The molecule has 0 amide bonds. The van der Waals surface area contributed by atoms with E-state index >= 15 is 0 Å². The first kappa shape index (κ1) is 20.0. The molecular weight excluding hydrogens is 356 g/mol. The number of ether oxygens (including phenoxy) is 4. The van der Waals surface area contributed by atoms with E-state index in [0.717, 1.165) is 29.0 Å². The maximum Gasteiger partial charge on any atom is 0.185 e. The van der Waals surface area contributed by atoms with Crippen LogP contribution >= 0.6 is 0 Å². The van der Waals surface area contributed by atoms with Gasteiger partial charge in [0.05, 0.1) is 13.2 Å². The molecule has 5 heteroatoms. The summed E-state index contributed by atoms with van der Waals surface area (Å²) in [5.41, 5.74) is 2.57. The number of carbonyl (C=O) groups is 1. The predicted molar refractivity (Wildman–Crippen MR) is 109 cm³/mol. The largest absolute Gasteiger partial charge is 0.493 e. The Morgan fingerprint density at radius 2 is 1.96 bits per heavy atom. The van der Waals surface area contributed by atoms with Crippen LogP contribution in [-0.2, 0) is 11.2 Å². The van der Waals surface area contributed by atoms with Gasteiger partial charge in [0.1, 0.15) is 30.0 Å². The summed E-state index contributed by atoms with van der Waals surface area (Å²) in [5, 5.41) is 0. The Hall–Kier alpha value is -2.79. The Morgan fingerprint density at radius 3 is 2.68 bits per heavy atom. The molecule has 0 saturated heterocycles. The van der Waals surface area contributed by atoms with E-state index in [1.165, 1.54) is 0 Å². The molecule has 2 aromatic carbocycles. The lowest BCUT2D eigenvalue weighted by Gasteiger charge is -2.10. The van der Waals surface area contributed by atoms with Crippen molar-refractivity contribution in [2.75, 3.05) is 26.9 Å². The van der Waals surface area contributed by atoms with E-state index in [0.29, 0.717) is 31.1 Å². The lowest BCUT2D eigenvalue weighted by atomic mass is 10.0. The van der Waals surface area contributed by atoms with Crippen LogP contribution in [0.1, 0.15) is 35.3 Å². The van der Waals surface area contributed by atoms with Gasteiger partial charge in [-0.25, -0.2) is 0 Å². The highest BCUT2D eigenvalue weighted by Gasteiger charge is 2.21. The van der Waals surface area contributed by atoms with Crippen molar-refractivity contribution in [1.82, 2.24) is 0 Å². The molecule has 3 rings (SSSR count). The highest BCUT2D eigenvalue weighted by Crippen LogP contribution is 2.35. The minimum absolute atomic E-state index is 0.0827. The SMILES string of the molecule is CCOc1cc2c(cc1/C=C/C(=O)c1ccc(OCCOC)cc1)OC(C)C2. The standard InChI is InChI=1S/C23H26O5/c1-4-26-22-15-19-13-16(2)28-23(19)14-18(22)7-10-21(24)17-5-8-20(9-6-17)27-12-11-25-3/h5-10,14-16H,4,11-13H2,1-3H3/b10-7+. The van der Waals surface area contributed by atoms with Gasteiger partial charge in [0, 0.05) is 30.2 Å². The highest BCUT2D eigenvalue weighted by atomic mass is 16.5. The van der Waals surface area contributed by atoms with Crippen LogP contribution in [0.4, 0.5) is 0 Å². The zero-order valence-corrected chi connectivity index (χ0v) is 16.6. The Balaban J connectivity index is 1.72. The first-order valence-electron chi connectivity index (χ1n) is 9.51. The quantitative estimate of drug-likeness (QED) is 0.367. The third-order valence-corrected chi connectivity index (χ3v) is 4.44. The summed E-state index contributed by atoms with van der Waals surface area (Å²) >= 11 is 0. The van der Waals surface area contributed by atoms with Crippen LogP contribution in [0.3, 0.4) is 0 Å². The first-order chi connectivity index (χ1) is 13.6. The molecule has 0 aromatic heterocycles. The Labute approximate surface area is 165 Å². The summed E-state index contributed by atoms with van der Waals surface area (Å²) in [6.07, 6.45) is 4.37. The molecule has 1 atom stereocenters. The molecule has 5 nitrogen and oxygen atoms in total. The topological polar surface area (TPSA) is 54.0 Å². The van der Waals surface area contributed by atoms with E-state index in [2.05, 4.69) is 0 Å². The van der Waals surface area contributed by atoms with Crippen LogP contribution in [-0.4, -0.2) is 38.8 Å². The molecule has 0 aliphatic carbocycles. The molecule has 1 heterocycles. The zero-order valence-electron chi connectivity index (χ0n) is 16.6. The summed E-state index contributed by atoms with van der Waals surface area (Å²) in [4.78, 5) is 12.5. The van der Waals surface area contributed by atoms with Crippen molar-refractivity contribution in [3.8, 4) is 17.2 Å². The van der Waals surface area contributed by atoms with Crippen LogP contribution in [0.5, 0.6) is 17.2 Å². The molecule has 2 aromatic rings. The van der Waals surface area contributed by atoms with E-state index in [-0.39, 0.29) is 11.9 Å². The van der Waals surface area contributed by atoms with E-state index in [4.69, 9.17) is 18.9 Å². The van der Waals surface area contributed by atoms with Gasteiger partial charge in [-0.1, -0.05) is 0 Å². The maximum absolute atomic E-state index is 12.5. The number of benzene rings is 2. The van der Waals surface area contributed by atoms with Gasteiger partial charge in [-0.2, -0.15) is 0 Å². The van der Waals surface area contributed by atoms with Crippen LogP contribution < -0.4 is 14.2 Å². The average molecular weight is 382 g/mol. The van der Waals surface area contributed by atoms with Crippen LogP contribution in [0.15, 0.2) is 42.5 Å². The van der Waals surface area contributed by atoms with Gasteiger partial charge < -0.3 is 18.9 Å². The van der Waals surface area contributed by atoms with Crippen molar-refractivity contribution < 1.29 is 23.7 Å². The van der Waals surface area contributed by atoms with Gasteiger partial charge in [0.2, 0.25) is 0 Å². The van der Waals surface area contributed by atoms with Crippen LogP contribution in [0.2, 0.25) is 0 Å². The molecule has 148 valence electrons. The molecular formula is C23H26O5. The second-order valence-electron chi connectivity index (χ2n) is 6.63. The van der Waals surface area contributed by atoms with Crippen molar-refractivity contribution >= 4 is 11.9 Å². The zero-order chi connectivity index (χ0) is 19.9. The normalized spacial score (nSPS) is 15.3. The second kappa shape index (κ2) is 9.42. The average Bonchev–Trinajstić information content (AvgIpc) is 3.05. The Kier molecular flexibility index (Phi) is 6.71. The monoisotopic (exact) mass is 382 g/mol. The van der Waals surface area contributed by atoms with E-state index in [1.54, 1.807) is 43.5 Å². The number of rotatable bonds is 9. The summed E-state index contributed by atoms with van der Waals surface area (Å²) in [5.74, 6) is 2.26. The third-order valence-electron chi connectivity index (χ3n) is 4.44. The van der Waals surface area contributed by atoms with Gasteiger partial charge >= 0.3 is 0 Å². The number of carbonyl (C=O) groups excluding carboxylic acids is 1. The fourth-order valence-electron chi connectivity index (χ4n) is 3.09. The lowest BCUT2D eigenvalue weighted by Crippen LogP contribution is -2.05. The summed E-state index contributed by atoms with van der Waals surface area (Å²) < 4.78 is 22.1. The predicted octanol–water partition coefficient (Wildman–Crippen LogP) is 4.33. The van der Waals surface area contributed by atoms with Crippen LogP contribution in [0.25, 0.3) is 6.08 Å². The summed E-state index contributed by atoms with van der Waals surface area (Å²) in [7, 11) is 1.63. The third kappa shape index (κ3) is 4.93. The molecule has 0 fully saturated rings. The fraction of sp³-hybridized carbons (Fsp3) is 0.348. The Bertz CT molecular complexity index is 839. The molecule has 0 saturated carbocycles. The van der Waals surface area contributed by atoms with Gasteiger partial charge in [0.15, 0.2) is 5.78 Å². The second-order valence-corrected chi connectivity index (χ2v) is 6.63. The summed E-state index contributed by atoms with van der Waals surface area (Å²) in [6.45, 7) is 5.55. The smallest absolute Gasteiger partial charge is 0.185 e. The van der Waals surface area contributed by atoms with E-state index < -0.39 is 0 Å². The Morgan fingerprint density at radius 1 is 1.18 bits per heavy atom. The molecule has 1 unspecified atom stereocenters. The van der Waals surface area contributed by atoms with Crippen molar-refractivity contribution in [1.29, 1.82) is 0 Å². The van der Waals surface area contributed by atoms with E-state index in [1.807, 2.05) is 26.0 Å². The number of methoxy groups -OCH3 is 1. The van der Waals surface area contributed by atoms with Crippen molar-refractivity contribution in [3.05, 3.63) is 59.2 Å². The van der Waals surface area contributed by atoms with Gasteiger partial charge in [-0.3, -0.25) is 4.79 Å². The van der Waals surface area contributed by atoms with Crippen molar-refractivity contribution in [3.63, 3.8) is 0 Å². The molecule has 0 N–H and O–H groups in total. The van der Waals surface area contributed by atoms with Gasteiger partial charge in [0.25, 0.3) is 0 Å². The van der Waals surface area contributed by atoms with Gasteiger partial charge in [-0.15, -0.1) is 0 Å². The van der Waals surface area contributed by atoms with Crippen molar-refractivity contribution in [2.45, 2.75) is 26.4 Å². The summed E-state index contributed by atoms with van der Waals surface area (Å²) in [6, 6.07) is 11.0. The molecule has 1 aliphatic rings. The minimum atomic E-state index is -0.0827. The van der Waals surface area contributed by atoms with Crippen molar-refractivity contribution in [2.24, 2.45) is 0 Å². The minimum Gasteiger partial charge on any atom is -0.493 e. The molecule has 28 heavy (non-hydrogen) atoms. The highest BCUT2D eigenvalue weighted by molar-refractivity contribution is 6.07. The fourth-order valence-corrected chi connectivity index (χ4v) is 3.09. The number of allylic oxidation sites excluding steroid dienone is 1. The molecule has 0 spiro atoms. The molecule has 0 radical (unpaired) electrons. The van der Waals surface area contributed by atoms with Crippen LogP contribution in [0, 0.1) is 0 Å².